The summed E-state index contributed by atoms with van der Waals surface area (Å²) in [4.78, 5) is 8.46. The molecule has 0 atom stereocenters. The standard InChI is InChI=1S/C16H11N3O.ClH/c20-16-15(18-14-10-17-7-8-19(14)16)13-6-5-11-3-1-2-4-12(11)9-13;/h1-10,20H;1H. The summed E-state index contributed by atoms with van der Waals surface area (Å²) in [6.07, 6.45) is 4.95. The Kier molecular flexibility index (Phi) is 3.23. The van der Waals surface area contributed by atoms with E-state index in [1.807, 2.05) is 36.4 Å². The van der Waals surface area contributed by atoms with Gasteiger partial charge in [-0.05, 0) is 16.8 Å². The summed E-state index contributed by atoms with van der Waals surface area (Å²) in [7, 11) is 0. The Balaban J connectivity index is 0.00000132. The van der Waals surface area contributed by atoms with E-state index in [0.717, 1.165) is 10.9 Å². The molecule has 2 aromatic heterocycles. The van der Waals surface area contributed by atoms with Gasteiger partial charge in [-0.15, -0.1) is 12.4 Å². The predicted molar refractivity (Wildman–Crippen MR) is 84.8 cm³/mol. The van der Waals surface area contributed by atoms with Gasteiger partial charge in [-0.25, -0.2) is 4.98 Å². The molecule has 4 aromatic rings. The van der Waals surface area contributed by atoms with Crippen LogP contribution >= 0.6 is 12.4 Å². The zero-order chi connectivity index (χ0) is 13.5. The van der Waals surface area contributed by atoms with Gasteiger partial charge in [0.2, 0.25) is 5.88 Å². The molecule has 0 saturated carbocycles. The Morgan fingerprint density at radius 2 is 1.81 bits per heavy atom. The largest absolute Gasteiger partial charge is 0.493 e. The van der Waals surface area contributed by atoms with Crippen LogP contribution in [0.2, 0.25) is 0 Å². The van der Waals surface area contributed by atoms with E-state index in [9.17, 15) is 5.11 Å². The number of hydrogen-bond donors (Lipinski definition) is 1. The molecule has 0 radical (unpaired) electrons. The maximum absolute atomic E-state index is 10.3. The Morgan fingerprint density at radius 1 is 1.00 bits per heavy atom. The molecule has 0 saturated heterocycles. The lowest BCUT2D eigenvalue weighted by atomic mass is 10.1. The van der Waals surface area contributed by atoms with Crippen molar-refractivity contribution in [2.45, 2.75) is 0 Å². The van der Waals surface area contributed by atoms with Gasteiger partial charge in [0.05, 0.1) is 6.20 Å². The van der Waals surface area contributed by atoms with Crippen LogP contribution in [0.5, 0.6) is 5.88 Å². The Morgan fingerprint density at radius 3 is 2.62 bits per heavy atom. The first kappa shape index (κ1) is 13.4. The van der Waals surface area contributed by atoms with Crippen molar-refractivity contribution in [1.29, 1.82) is 0 Å². The molecule has 0 aliphatic carbocycles. The summed E-state index contributed by atoms with van der Waals surface area (Å²) < 4.78 is 1.62. The highest BCUT2D eigenvalue weighted by Gasteiger charge is 2.13. The molecule has 5 heteroatoms. The highest BCUT2D eigenvalue weighted by Crippen LogP contribution is 2.31. The molecule has 0 aliphatic rings. The molecule has 0 fully saturated rings. The lowest BCUT2D eigenvalue weighted by Gasteiger charge is -2.01. The number of fused-ring (bicyclic) bond motifs is 2. The average molecular weight is 298 g/mol. The van der Waals surface area contributed by atoms with Crippen LogP contribution in [0.4, 0.5) is 0 Å². The molecule has 104 valence electrons. The number of aromatic hydroxyl groups is 1. The third-order valence-electron chi connectivity index (χ3n) is 3.43. The highest BCUT2D eigenvalue weighted by atomic mass is 35.5. The van der Waals surface area contributed by atoms with Crippen molar-refractivity contribution in [3.05, 3.63) is 61.1 Å². The first-order chi connectivity index (χ1) is 9.83. The van der Waals surface area contributed by atoms with Crippen molar-refractivity contribution in [1.82, 2.24) is 14.4 Å². The minimum absolute atomic E-state index is 0. The number of benzene rings is 2. The predicted octanol–water partition coefficient (Wildman–Crippen LogP) is 3.68. The topological polar surface area (TPSA) is 50.4 Å². The fourth-order valence-corrected chi connectivity index (χ4v) is 2.42. The van der Waals surface area contributed by atoms with Crippen molar-refractivity contribution >= 4 is 28.8 Å². The van der Waals surface area contributed by atoms with Crippen LogP contribution in [0.1, 0.15) is 0 Å². The van der Waals surface area contributed by atoms with E-state index in [-0.39, 0.29) is 18.3 Å². The molecule has 4 rings (SSSR count). The SMILES string of the molecule is Cl.Oc1c(-c2ccc3ccccc3c2)nc2cnccn12. The molecule has 0 spiro atoms. The Bertz CT molecular complexity index is 933. The van der Waals surface area contributed by atoms with Crippen LogP contribution in [0.15, 0.2) is 61.1 Å². The van der Waals surface area contributed by atoms with E-state index in [1.165, 1.54) is 5.39 Å². The highest BCUT2D eigenvalue weighted by molar-refractivity contribution is 5.87. The Labute approximate surface area is 127 Å². The summed E-state index contributed by atoms with van der Waals surface area (Å²) >= 11 is 0. The quantitative estimate of drug-likeness (QED) is 0.583. The van der Waals surface area contributed by atoms with Crippen LogP contribution in [0.25, 0.3) is 27.7 Å². The summed E-state index contributed by atoms with van der Waals surface area (Å²) in [6, 6.07) is 14.2. The second-order valence-electron chi connectivity index (χ2n) is 4.65. The number of imidazole rings is 1. The summed E-state index contributed by atoms with van der Waals surface area (Å²) in [5.41, 5.74) is 2.10. The summed E-state index contributed by atoms with van der Waals surface area (Å²) in [6.45, 7) is 0. The second kappa shape index (κ2) is 5.07. The number of aromatic nitrogens is 3. The van der Waals surface area contributed by atoms with E-state index >= 15 is 0 Å². The zero-order valence-electron chi connectivity index (χ0n) is 11.0. The van der Waals surface area contributed by atoms with E-state index in [2.05, 4.69) is 16.0 Å². The van der Waals surface area contributed by atoms with Gasteiger partial charge < -0.3 is 5.11 Å². The number of rotatable bonds is 1. The fraction of sp³-hybridized carbons (Fsp3) is 0. The zero-order valence-corrected chi connectivity index (χ0v) is 11.8. The monoisotopic (exact) mass is 297 g/mol. The van der Waals surface area contributed by atoms with E-state index in [1.54, 1.807) is 23.0 Å². The normalized spacial score (nSPS) is 10.7. The minimum Gasteiger partial charge on any atom is -0.493 e. The van der Waals surface area contributed by atoms with Crippen molar-refractivity contribution < 1.29 is 5.11 Å². The molecule has 0 amide bonds. The van der Waals surface area contributed by atoms with Gasteiger partial charge >= 0.3 is 0 Å². The van der Waals surface area contributed by atoms with Gasteiger partial charge in [0, 0.05) is 18.0 Å². The van der Waals surface area contributed by atoms with Crippen molar-refractivity contribution in [2.75, 3.05) is 0 Å². The first-order valence-electron chi connectivity index (χ1n) is 6.33. The lowest BCUT2D eigenvalue weighted by molar-refractivity contribution is 0.450. The van der Waals surface area contributed by atoms with Gasteiger partial charge in [-0.1, -0.05) is 36.4 Å². The Hall–Kier alpha value is -2.59. The van der Waals surface area contributed by atoms with Crippen LogP contribution < -0.4 is 0 Å². The first-order valence-corrected chi connectivity index (χ1v) is 6.33. The lowest BCUT2D eigenvalue weighted by Crippen LogP contribution is -1.83. The number of nitrogens with zero attached hydrogens (tertiary/aromatic N) is 3. The van der Waals surface area contributed by atoms with Crippen LogP contribution in [0, 0.1) is 0 Å². The number of hydrogen-bond acceptors (Lipinski definition) is 3. The fourth-order valence-electron chi connectivity index (χ4n) is 2.42. The van der Waals surface area contributed by atoms with Gasteiger partial charge in [0.15, 0.2) is 5.65 Å². The van der Waals surface area contributed by atoms with Gasteiger partial charge in [-0.2, -0.15) is 0 Å². The maximum atomic E-state index is 10.3. The molecule has 4 nitrogen and oxygen atoms in total. The molecular weight excluding hydrogens is 286 g/mol. The van der Waals surface area contributed by atoms with Crippen LogP contribution in [0.3, 0.4) is 0 Å². The summed E-state index contributed by atoms with van der Waals surface area (Å²) in [5.74, 6) is 0.137. The van der Waals surface area contributed by atoms with E-state index in [4.69, 9.17) is 0 Å². The molecule has 21 heavy (non-hydrogen) atoms. The molecule has 2 heterocycles. The van der Waals surface area contributed by atoms with Crippen LogP contribution in [-0.4, -0.2) is 19.5 Å². The summed E-state index contributed by atoms with van der Waals surface area (Å²) in [5, 5.41) is 12.6. The van der Waals surface area contributed by atoms with Crippen molar-refractivity contribution in [3.8, 4) is 17.1 Å². The van der Waals surface area contributed by atoms with Gasteiger partial charge in [-0.3, -0.25) is 9.38 Å². The third kappa shape index (κ3) is 2.10. The van der Waals surface area contributed by atoms with Crippen molar-refractivity contribution in [2.24, 2.45) is 0 Å². The van der Waals surface area contributed by atoms with E-state index < -0.39 is 0 Å². The average Bonchev–Trinajstić information content (AvgIpc) is 2.84. The molecule has 1 N–H and O–H groups in total. The second-order valence-corrected chi connectivity index (χ2v) is 4.65. The third-order valence-corrected chi connectivity index (χ3v) is 3.43. The molecular formula is C16H12ClN3O. The number of halogens is 1. The van der Waals surface area contributed by atoms with Crippen LogP contribution in [-0.2, 0) is 0 Å². The van der Waals surface area contributed by atoms with Crippen molar-refractivity contribution in [3.63, 3.8) is 0 Å². The minimum atomic E-state index is 0. The van der Waals surface area contributed by atoms with E-state index in [0.29, 0.717) is 11.3 Å². The maximum Gasteiger partial charge on any atom is 0.224 e. The molecule has 0 aliphatic heterocycles. The van der Waals surface area contributed by atoms with Gasteiger partial charge in [0.1, 0.15) is 5.69 Å². The van der Waals surface area contributed by atoms with Gasteiger partial charge in [0.25, 0.3) is 0 Å². The molecule has 0 unspecified atom stereocenters. The smallest absolute Gasteiger partial charge is 0.224 e. The molecule has 2 aromatic carbocycles. The molecule has 0 bridgehead atoms.